The number of aryl methyl sites for hydroxylation is 2. The molecule has 78 valence electrons. The van der Waals surface area contributed by atoms with Gasteiger partial charge in [-0.25, -0.2) is 0 Å². The number of hydrogen-bond acceptors (Lipinski definition) is 2. The lowest BCUT2D eigenvalue weighted by Gasteiger charge is -2.12. The number of rotatable bonds is 2. The normalized spacial score (nSPS) is 12.7. The molecule has 2 heterocycles. The highest BCUT2D eigenvalue weighted by atomic mass is 15.3. The van der Waals surface area contributed by atoms with Crippen LogP contribution in [-0.4, -0.2) is 14.8 Å². The van der Waals surface area contributed by atoms with Gasteiger partial charge in [-0.2, -0.15) is 5.10 Å². The van der Waals surface area contributed by atoms with E-state index in [1.54, 1.807) is 0 Å². The quantitative estimate of drug-likeness (QED) is 0.747. The molecule has 0 aliphatic heterocycles. The molecule has 0 amide bonds. The second-order valence-corrected chi connectivity index (χ2v) is 3.90. The molecule has 1 unspecified atom stereocenters. The summed E-state index contributed by atoms with van der Waals surface area (Å²) < 4.78 is 1.98. The van der Waals surface area contributed by atoms with Crippen molar-refractivity contribution in [2.24, 2.45) is 0 Å². The van der Waals surface area contributed by atoms with Gasteiger partial charge in [0.1, 0.15) is 0 Å². The molecule has 0 saturated carbocycles. The van der Waals surface area contributed by atoms with E-state index in [1.165, 1.54) is 11.1 Å². The molecule has 2 aromatic heterocycles. The Balaban J connectivity index is 2.32. The van der Waals surface area contributed by atoms with Crippen molar-refractivity contribution in [3.05, 3.63) is 47.5 Å². The SMILES string of the molecule is Cc1cnn(C(C)c2ccnc(C)c2)c1. The summed E-state index contributed by atoms with van der Waals surface area (Å²) in [6, 6.07) is 4.40. The third-order valence-electron chi connectivity index (χ3n) is 2.53. The van der Waals surface area contributed by atoms with Gasteiger partial charge < -0.3 is 0 Å². The Labute approximate surface area is 89.8 Å². The third kappa shape index (κ3) is 2.06. The van der Waals surface area contributed by atoms with Crippen LogP contribution < -0.4 is 0 Å². The second kappa shape index (κ2) is 3.85. The fourth-order valence-electron chi connectivity index (χ4n) is 1.62. The van der Waals surface area contributed by atoms with Crippen LogP contribution in [0.4, 0.5) is 0 Å². The molecular weight excluding hydrogens is 186 g/mol. The van der Waals surface area contributed by atoms with E-state index in [9.17, 15) is 0 Å². The van der Waals surface area contributed by atoms with E-state index in [4.69, 9.17) is 0 Å². The van der Waals surface area contributed by atoms with Crippen LogP contribution in [0.3, 0.4) is 0 Å². The Morgan fingerprint density at radius 2 is 2.13 bits per heavy atom. The van der Waals surface area contributed by atoms with Crippen molar-refractivity contribution in [2.45, 2.75) is 26.8 Å². The van der Waals surface area contributed by atoms with Crippen LogP contribution in [0.1, 0.15) is 29.8 Å². The fourth-order valence-corrected chi connectivity index (χ4v) is 1.62. The molecule has 0 aliphatic carbocycles. The minimum Gasteiger partial charge on any atom is -0.265 e. The summed E-state index contributed by atoms with van der Waals surface area (Å²) >= 11 is 0. The summed E-state index contributed by atoms with van der Waals surface area (Å²) in [4.78, 5) is 4.19. The second-order valence-electron chi connectivity index (χ2n) is 3.90. The topological polar surface area (TPSA) is 30.7 Å². The van der Waals surface area contributed by atoms with Gasteiger partial charge >= 0.3 is 0 Å². The van der Waals surface area contributed by atoms with E-state index >= 15 is 0 Å². The first-order valence-electron chi connectivity index (χ1n) is 5.10. The van der Waals surface area contributed by atoms with Crippen LogP contribution in [0.25, 0.3) is 0 Å². The number of hydrogen-bond donors (Lipinski definition) is 0. The molecule has 0 bridgehead atoms. The van der Waals surface area contributed by atoms with E-state index in [2.05, 4.69) is 29.3 Å². The van der Waals surface area contributed by atoms with Gasteiger partial charge in [0.2, 0.25) is 0 Å². The Hall–Kier alpha value is -1.64. The highest BCUT2D eigenvalue weighted by molar-refractivity contribution is 5.20. The van der Waals surface area contributed by atoms with Crippen LogP contribution in [0.5, 0.6) is 0 Å². The summed E-state index contributed by atoms with van der Waals surface area (Å²) in [7, 11) is 0. The first-order valence-corrected chi connectivity index (χ1v) is 5.10. The van der Waals surface area contributed by atoms with Gasteiger partial charge in [-0.05, 0) is 44.0 Å². The molecule has 15 heavy (non-hydrogen) atoms. The van der Waals surface area contributed by atoms with Crippen molar-refractivity contribution in [3.8, 4) is 0 Å². The standard InChI is InChI=1S/C12H15N3/c1-9-7-14-15(8-9)11(3)12-4-5-13-10(2)6-12/h4-8,11H,1-3H3. The Morgan fingerprint density at radius 3 is 2.73 bits per heavy atom. The zero-order chi connectivity index (χ0) is 10.8. The summed E-state index contributed by atoms with van der Waals surface area (Å²) in [6.07, 6.45) is 5.78. The van der Waals surface area contributed by atoms with Crippen molar-refractivity contribution in [1.82, 2.24) is 14.8 Å². The molecule has 0 aromatic carbocycles. The van der Waals surface area contributed by atoms with Crippen molar-refractivity contribution in [1.29, 1.82) is 0 Å². The molecule has 3 nitrogen and oxygen atoms in total. The highest BCUT2D eigenvalue weighted by Gasteiger charge is 2.08. The Morgan fingerprint density at radius 1 is 1.33 bits per heavy atom. The van der Waals surface area contributed by atoms with Crippen LogP contribution in [0.2, 0.25) is 0 Å². The van der Waals surface area contributed by atoms with Crippen LogP contribution in [0, 0.1) is 13.8 Å². The molecule has 0 fully saturated rings. The predicted octanol–water partition coefficient (Wildman–Crippen LogP) is 2.50. The van der Waals surface area contributed by atoms with Crippen LogP contribution in [0.15, 0.2) is 30.7 Å². The van der Waals surface area contributed by atoms with E-state index in [-0.39, 0.29) is 6.04 Å². The molecule has 2 aromatic rings. The third-order valence-corrected chi connectivity index (χ3v) is 2.53. The Kier molecular flexibility index (Phi) is 2.54. The molecule has 2 rings (SSSR count). The molecule has 0 aliphatic rings. The zero-order valence-electron chi connectivity index (χ0n) is 9.31. The Bertz CT molecular complexity index is 459. The summed E-state index contributed by atoms with van der Waals surface area (Å²) in [5, 5.41) is 4.32. The minimum atomic E-state index is 0.264. The maximum atomic E-state index is 4.32. The number of nitrogens with zero attached hydrogens (tertiary/aromatic N) is 3. The summed E-state index contributed by atoms with van der Waals surface area (Å²) in [5.74, 6) is 0. The predicted molar refractivity (Wildman–Crippen MR) is 59.8 cm³/mol. The van der Waals surface area contributed by atoms with Crippen molar-refractivity contribution in [3.63, 3.8) is 0 Å². The average Bonchev–Trinajstić information content (AvgIpc) is 2.64. The van der Waals surface area contributed by atoms with E-state index in [0.717, 1.165) is 5.69 Å². The first-order chi connectivity index (χ1) is 7.16. The van der Waals surface area contributed by atoms with Crippen LogP contribution in [-0.2, 0) is 0 Å². The molecule has 0 N–H and O–H groups in total. The largest absolute Gasteiger partial charge is 0.265 e. The zero-order valence-corrected chi connectivity index (χ0v) is 9.31. The fraction of sp³-hybridized carbons (Fsp3) is 0.333. The van der Waals surface area contributed by atoms with Gasteiger partial charge in [0.05, 0.1) is 12.2 Å². The lowest BCUT2D eigenvalue weighted by Crippen LogP contribution is -2.07. The van der Waals surface area contributed by atoms with Gasteiger partial charge in [-0.15, -0.1) is 0 Å². The summed E-state index contributed by atoms with van der Waals surface area (Å²) in [5.41, 5.74) is 3.47. The number of pyridine rings is 1. The van der Waals surface area contributed by atoms with Gasteiger partial charge in [0.15, 0.2) is 0 Å². The van der Waals surface area contributed by atoms with Crippen molar-refractivity contribution >= 4 is 0 Å². The molecular formula is C12H15N3. The van der Waals surface area contributed by atoms with E-state index in [1.807, 2.05) is 37.0 Å². The van der Waals surface area contributed by atoms with E-state index < -0.39 is 0 Å². The smallest absolute Gasteiger partial charge is 0.0741 e. The average molecular weight is 201 g/mol. The maximum absolute atomic E-state index is 4.32. The molecule has 3 heteroatoms. The molecule has 0 saturated heterocycles. The minimum absolute atomic E-state index is 0.264. The van der Waals surface area contributed by atoms with E-state index in [0.29, 0.717) is 0 Å². The summed E-state index contributed by atoms with van der Waals surface area (Å²) in [6.45, 7) is 6.19. The van der Waals surface area contributed by atoms with Crippen molar-refractivity contribution < 1.29 is 0 Å². The van der Waals surface area contributed by atoms with Gasteiger partial charge in [0, 0.05) is 18.1 Å². The lowest BCUT2D eigenvalue weighted by atomic mass is 10.1. The van der Waals surface area contributed by atoms with Gasteiger partial charge in [0.25, 0.3) is 0 Å². The molecule has 1 atom stereocenters. The van der Waals surface area contributed by atoms with Crippen LogP contribution >= 0.6 is 0 Å². The highest BCUT2D eigenvalue weighted by Crippen LogP contribution is 2.17. The molecule has 0 radical (unpaired) electrons. The van der Waals surface area contributed by atoms with Gasteiger partial charge in [-0.1, -0.05) is 0 Å². The molecule has 0 spiro atoms. The van der Waals surface area contributed by atoms with Gasteiger partial charge in [-0.3, -0.25) is 9.67 Å². The van der Waals surface area contributed by atoms with Crippen molar-refractivity contribution in [2.75, 3.05) is 0 Å². The lowest BCUT2D eigenvalue weighted by molar-refractivity contribution is 0.563. The number of aromatic nitrogens is 3. The first kappa shape index (κ1) is 9.90. The maximum Gasteiger partial charge on any atom is 0.0741 e. The monoisotopic (exact) mass is 201 g/mol.